The molecule has 2 aromatic rings. The zero-order chi connectivity index (χ0) is 25.7. The Hall–Kier alpha value is -3.34. The van der Waals surface area contributed by atoms with Crippen molar-refractivity contribution in [3.05, 3.63) is 85.5 Å². The molecule has 2 aromatic carbocycles. The van der Waals surface area contributed by atoms with E-state index in [4.69, 9.17) is 17.0 Å². The second-order valence-electron chi connectivity index (χ2n) is 7.38. The van der Waals surface area contributed by atoms with Crippen LogP contribution in [0.3, 0.4) is 0 Å². The molecule has 0 radical (unpaired) electrons. The van der Waals surface area contributed by atoms with Gasteiger partial charge < -0.3 is 15.4 Å². The van der Waals surface area contributed by atoms with E-state index in [0.29, 0.717) is 12.1 Å². The van der Waals surface area contributed by atoms with Gasteiger partial charge in [-0.25, -0.2) is 8.42 Å². The van der Waals surface area contributed by atoms with Gasteiger partial charge in [-0.2, -0.15) is 4.31 Å². The maximum absolute atomic E-state index is 12.7. The Bertz CT molecular complexity index is 1120. The summed E-state index contributed by atoms with van der Waals surface area (Å²) in [7, 11) is -3.71. The van der Waals surface area contributed by atoms with Crippen LogP contribution in [0.25, 0.3) is 0 Å². The number of amides is 1. The molecule has 0 bridgehead atoms. The molecule has 0 aromatic heterocycles. The van der Waals surface area contributed by atoms with Crippen LogP contribution in [-0.4, -0.2) is 49.4 Å². The number of nitrogens with one attached hydrogen (secondary N) is 2. The Labute approximate surface area is 211 Å². The van der Waals surface area contributed by atoms with E-state index in [1.54, 1.807) is 0 Å². The topological polar surface area (TPSA) is 105 Å². The Kier molecular flexibility index (Phi) is 11.3. The van der Waals surface area contributed by atoms with Crippen molar-refractivity contribution in [3.63, 3.8) is 0 Å². The molecule has 0 aliphatic heterocycles. The van der Waals surface area contributed by atoms with Gasteiger partial charge in [0.05, 0.1) is 17.9 Å². The second kappa shape index (κ2) is 14.1. The van der Waals surface area contributed by atoms with E-state index in [2.05, 4.69) is 23.8 Å². The Morgan fingerprint density at radius 2 is 1.60 bits per heavy atom. The van der Waals surface area contributed by atoms with Gasteiger partial charge in [-0.3, -0.25) is 9.59 Å². The van der Waals surface area contributed by atoms with Gasteiger partial charge in [-0.1, -0.05) is 42.5 Å². The number of carbonyl (C=O) groups excluding carboxylic acids is 2. The van der Waals surface area contributed by atoms with Crippen LogP contribution in [0.4, 0.5) is 5.69 Å². The highest BCUT2D eigenvalue weighted by atomic mass is 32.2. The molecule has 35 heavy (non-hydrogen) atoms. The molecular formula is C25H29N3O5S2. The number of nitrogens with zero attached hydrogens (tertiary/aromatic N) is 1. The number of esters is 1. The van der Waals surface area contributed by atoms with E-state index < -0.39 is 21.9 Å². The van der Waals surface area contributed by atoms with Crippen LogP contribution in [0.2, 0.25) is 0 Å². The molecule has 0 aliphatic rings. The molecule has 0 heterocycles. The number of hydrogen-bond acceptors (Lipinski definition) is 6. The van der Waals surface area contributed by atoms with Crippen LogP contribution in [-0.2, 0) is 30.8 Å². The number of carbonyl (C=O) groups is 2. The maximum atomic E-state index is 12.7. The quantitative estimate of drug-likeness (QED) is 0.239. The number of thiocarbonyl (C=S) groups is 1. The lowest BCUT2D eigenvalue weighted by Gasteiger charge is -2.19. The summed E-state index contributed by atoms with van der Waals surface area (Å²) in [5, 5.41) is 5.33. The van der Waals surface area contributed by atoms with E-state index in [0.717, 1.165) is 5.56 Å². The number of hydrogen-bond donors (Lipinski definition) is 2. The fourth-order valence-electron chi connectivity index (χ4n) is 2.98. The van der Waals surface area contributed by atoms with Crippen molar-refractivity contribution in [2.24, 2.45) is 0 Å². The molecule has 0 fully saturated rings. The fourth-order valence-corrected chi connectivity index (χ4v) is 4.60. The van der Waals surface area contributed by atoms with Crippen molar-refractivity contribution in [3.8, 4) is 0 Å². The first-order chi connectivity index (χ1) is 16.8. The predicted octanol–water partition coefficient (Wildman–Crippen LogP) is 3.43. The Balaban J connectivity index is 1.77. The van der Waals surface area contributed by atoms with Crippen LogP contribution < -0.4 is 10.6 Å². The molecule has 0 atom stereocenters. The van der Waals surface area contributed by atoms with Crippen LogP contribution in [0.15, 0.2) is 84.8 Å². The number of sulfonamides is 1. The number of ether oxygens (including phenoxy) is 1. The standard InChI is InChI=1S/C25H29N3O5S2/c1-3-17-28(18-4-2)35(31,32)22-12-10-21(11-13-22)26-25(34)27-23(29)14-15-24(30)33-19-16-20-8-6-5-7-9-20/h3-13H,1-2,14-19H2,(H2,26,27,29,34). The minimum absolute atomic E-state index is 0.0305. The lowest BCUT2D eigenvalue weighted by Crippen LogP contribution is -2.34. The molecule has 2 rings (SSSR count). The third-order valence-electron chi connectivity index (χ3n) is 4.72. The van der Waals surface area contributed by atoms with Gasteiger partial charge in [0.1, 0.15) is 0 Å². The van der Waals surface area contributed by atoms with Gasteiger partial charge in [0.15, 0.2) is 5.11 Å². The molecule has 1 amide bonds. The third-order valence-corrected chi connectivity index (χ3v) is 6.77. The number of benzene rings is 2. The zero-order valence-electron chi connectivity index (χ0n) is 19.3. The van der Waals surface area contributed by atoms with E-state index in [-0.39, 0.29) is 42.5 Å². The van der Waals surface area contributed by atoms with E-state index in [9.17, 15) is 18.0 Å². The molecule has 0 unspecified atom stereocenters. The monoisotopic (exact) mass is 515 g/mol. The molecule has 0 saturated carbocycles. The first-order valence-corrected chi connectivity index (χ1v) is 12.7. The van der Waals surface area contributed by atoms with Crippen molar-refractivity contribution >= 4 is 44.9 Å². The van der Waals surface area contributed by atoms with Crippen molar-refractivity contribution in [1.29, 1.82) is 0 Å². The lowest BCUT2D eigenvalue weighted by atomic mass is 10.2. The molecule has 186 valence electrons. The first kappa shape index (κ1) is 27.9. The van der Waals surface area contributed by atoms with Gasteiger partial charge >= 0.3 is 5.97 Å². The Morgan fingerprint density at radius 1 is 0.971 bits per heavy atom. The van der Waals surface area contributed by atoms with Gasteiger partial charge in [0, 0.05) is 31.6 Å². The average molecular weight is 516 g/mol. The molecule has 2 N–H and O–H groups in total. The van der Waals surface area contributed by atoms with E-state index in [1.165, 1.54) is 40.7 Å². The summed E-state index contributed by atoms with van der Waals surface area (Å²) in [5.74, 6) is -0.903. The smallest absolute Gasteiger partial charge is 0.306 e. The lowest BCUT2D eigenvalue weighted by molar-refractivity contribution is -0.144. The summed E-state index contributed by atoms with van der Waals surface area (Å²) in [6.45, 7) is 7.73. The average Bonchev–Trinajstić information content (AvgIpc) is 2.83. The minimum atomic E-state index is -3.71. The van der Waals surface area contributed by atoms with Crippen molar-refractivity contribution in [2.45, 2.75) is 24.2 Å². The SMILES string of the molecule is C=CCN(CC=C)S(=O)(=O)c1ccc(NC(=S)NC(=O)CCC(=O)OCCc2ccccc2)cc1. The fraction of sp³-hybridized carbons (Fsp3) is 0.240. The third kappa shape index (κ3) is 9.44. The largest absolute Gasteiger partial charge is 0.465 e. The summed E-state index contributed by atoms with van der Waals surface area (Å²) < 4.78 is 31.9. The van der Waals surface area contributed by atoms with Crippen LogP contribution in [0.1, 0.15) is 18.4 Å². The second-order valence-corrected chi connectivity index (χ2v) is 9.73. The van der Waals surface area contributed by atoms with Gasteiger partial charge in [-0.05, 0) is 42.0 Å². The predicted molar refractivity (Wildman–Crippen MR) is 140 cm³/mol. The molecular weight excluding hydrogens is 486 g/mol. The van der Waals surface area contributed by atoms with E-state index >= 15 is 0 Å². The van der Waals surface area contributed by atoms with Crippen molar-refractivity contribution in [2.75, 3.05) is 25.0 Å². The van der Waals surface area contributed by atoms with Gasteiger partial charge in [-0.15, -0.1) is 13.2 Å². The number of rotatable bonds is 13. The van der Waals surface area contributed by atoms with E-state index in [1.807, 2.05) is 30.3 Å². The molecule has 10 heteroatoms. The van der Waals surface area contributed by atoms with Crippen LogP contribution in [0.5, 0.6) is 0 Å². The highest BCUT2D eigenvalue weighted by molar-refractivity contribution is 7.89. The summed E-state index contributed by atoms with van der Waals surface area (Å²) in [6.07, 6.45) is 3.46. The molecule has 0 spiro atoms. The first-order valence-electron chi connectivity index (χ1n) is 10.9. The highest BCUT2D eigenvalue weighted by Gasteiger charge is 2.22. The normalized spacial score (nSPS) is 10.9. The van der Waals surface area contributed by atoms with Crippen LogP contribution in [0, 0.1) is 0 Å². The maximum Gasteiger partial charge on any atom is 0.306 e. The summed E-state index contributed by atoms with van der Waals surface area (Å²) >= 11 is 5.13. The zero-order valence-corrected chi connectivity index (χ0v) is 20.9. The Morgan fingerprint density at radius 3 is 2.20 bits per heavy atom. The molecule has 0 saturated heterocycles. The molecule has 0 aliphatic carbocycles. The van der Waals surface area contributed by atoms with Gasteiger partial charge in [0.2, 0.25) is 15.9 Å². The summed E-state index contributed by atoms with van der Waals surface area (Å²) in [6, 6.07) is 15.6. The summed E-state index contributed by atoms with van der Waals surface area (Å²) in [4.78, 5) is 24.0. The van der Waals surface area contributed by atoms with Gasteiger partial charge in [0.25, 0.3) is 0 Å². The van der Waals surface area contributed by atoms with Crippen LogP contribution >= 0.6 is 12.2 Å². The highest BCUT2D eigenvalue weighted by Crippen LogP contribution is 2.18. The van der Waals surface area contributed by atoms with Crippen molar-refractivity contribution in [1.82, 2.24) is 9.62 Å². The summed E-state index contributed by atoms with van der Waals surface area (Å²) in [5.41, 5.74) is 1.56. The molecule has 8 nitrogen and oxygen atoms in total. The van der Waals surface area contributed by atoms with Crippen molar-refractivity contribution < 1.29 is 22.7 Å². The number of anilines is 1. The minimum Gasteiger partial charge on any atom is -0.465 e.